The minimum Gasteiger partial charge on any atom is -0.494 e. The Morgan fingerprint density at radius 3 is 2.68 bits per heavy atom. The highest BCUT2D eigenvalue weighted by Gasteiger charge is 2.17. The van der Waals surface area contributed by atoms with Crippen molar-refractivity contribution < 1.29 is 9.53 Å². The van der Waals surface area contributed by atoms with E-state index in [0.29, 0.717) is 12.4 Å². The lowest BCUT2D eigenvalue weighted by Crippen LogP contribution is -2.05. The third kappa shape index (κ3) is 3.93. The number of carbonyl (C=O) groups is 1. The van der Waals surface area contributed by atoms with E-state index in [1.807, 2.05) is 51.1 Å². The maximum absolute atomic E-state index is 12.6. The molecule has 0 amide bonds. The predicted molar refractivity (Wildman–Crippen MR) is 101 cm³/mol. The zero-order valence-electron chi connectivity index (χ0n) is 14.4. The topological polar surface area (TPSA) is 57.0 Å². The van der Waals surface area contributed by atoms with Crippen LogP contribution in [0.2, 0.25) is 0 Å². The number of thioether (sulfide) groups is 1. The summed E-state index contributed by atoms with van der Waals surface area (Å²) in [6, 6.07) is 9.87. The highest BCUT2D eigenvalue weighted by molar-refractivity contribution is 8.01. The number of rotatable bonds is 7. The number of hydrogen-bond acceptors (Lipinski definition) is 6. The summed E-state index contributed by atoms with van der Waals surface area (Å²) in [7, 11) is 0. The zero-order valence-corrected chi connectivity index (χ0v) is 16.0. The Labute approximate surface area is 155 Å². The fourth-order valence-corrected chi connectivity index (χ4v) is 4.10. The number of hydrogen-bond donors (Lipinski definition) is 0. The van der Waals surface area contributed by atoms with E-state index in [4.69, 9.17) is 4.74 Å². The second-order valence-electron chi connectivity index (χ2n) is 5.46. The quantitative estimate of drug-likeness (QED) is 0.456. The molecule has 0 atom stereocenters. The molecule has 5 nitrogen and oxygen atoms in total. The molecular formula is C18H19N3O2S2. The Balaban J connectivity index is 1.81. The molecule has 25 heavy (non-hydrogen) atoms. The molecule has 0 aliphatic rings. The fourth-order valence-electron chi connectivity index (χ4n) is 2.73. The van der Waals surface area contributed by atoms with Gasteiger partial charge in [-0.1, -0.05) is 23.1 Å². The molecule has 2 heterocycles. The van der Waals surface area contributed by atoms with Crippen LogP contribution in [-0.2, 0) is 0 Å². The van der Waals surface area contributed by atoms with Crippen LogP contribution in [0, 0.1) is 13.8 Å². The Hall–Kier alpha value is -2.12. The highest BCUT2D eigenvalue weighted by atomic mass is 32.2. The number of nitrogens with zero attached hydrogens (tertiary/aromatic N) is 3. The first-order chi connectivity index (χ1) is 12.1. The van der Waals surface area contributed by atoms with Crippen molar-refractivity contribution in [3.63, 3.8) is 0 Å². The molecular weight excluding hydrogens is 354 g/mol. The first-order valence-electron chi connectivity index (χ1n) is 7.94. The summed E-state index contributed by atoms with van der Waals surface area (Å²) in [5.41, 5.74) is 5.43. The molecule has 7 heteroatoms. The maximum Gasteiger partial charge on any atom is 0.174 e. The van der Waals surface area contributed by atoms with Crippen molar-refractivity contribution in [3.8, 4) is 11.4 Å². The van der Waals surface area contributed by atoms with Crippen LogP contribution < -0.4 is 4.74 Å². The van der Waals surface area contributed by atoms with Gasteiger partial charge in [0.1, 0.15) is 11.3 Å². The summed E-state index contributed by atoms with van der Waals surface area (Å²) in [6.07, 6.45) is 0. The third-order valence-electron chi connectivity index (χ3n) is 3.80. The molecule has 0 spiro atoms. The SMILES string of the molecule is CCOc1ccc(-n2c(C)cc(C(=O)CSc3nncs3)c2C)cc1. The van der Waals surface area contributed by atoms with E-state index in [9.17, 15) is 4.79 Å². The Bertz CT molecular complexity index is 855. The van der Waals surface area contributed by atoms with Gasteiger partial charge in [0.2, 0.25) is 0 Å². The normalized spacial score (nSPS) is 10.8. The number of Topliss-reactive ketones (excluding diaryl/α,β-unsaturated/α-hetero) is 1. The Kier molecular flexibility index (Phi) is 5.55. The van der Waals surface area contributed by atoms with Gasteiger partial charge in [-0.15, -0.1) is 10.2 Å². The van der Waals surface area contributed by atoms with Crippen LogP contribution in [0.1, 0.15) is 28.7 Å². The van der Waals surface area contributed by atoms with Gasteiger partial charge in [0.15, 0.2) is 10.1 Å². The van der Waals surface area contributed by atoms with Gasteiger partial charge >= 0.3 is 0 Å². The van der Waals surface area contributed by atoms with Gasteiger partial charge in [-0.3, -0.25) is 4.79 Å². The van der Waals surface area contributed by atoms with Crippen LogP contribution >= 0.6 is 23.1 Å². The summed E-state index contributed by atoms with van der Waals surface area (Å²) in [5, 5.41) is 7.75. The monoisotopic (exact) mass is 373 g/mol. The number of aryl methyl sites for hydroxylation is 1. The van der Waals surface area contributed by atoms with Crippen LogP contribution in [0.15, 0.2) is 40.2 Å². The maximum atomic E-state index is 12.6. The van der Waals surface area contributed by atoms with Crippen molar-refractivity contribution >= 4 is 28.9 Å². The molecule has 0 N–H and O–H groups in total. The van der Waals surface area contributed by atoms with Crippen molar-refractivity contribution in [2.75, 3.05) is 12.4 Å². The van der Waals surface area contributed by atoms with E-state index in [1.54, 1.807) is 5.51 Å². The van der Waals surface area contributed by atoms with E-state index in [2.05, 4.69) is 14.8 Å². The average molecular weight is 374 g/mol. The van der Waals surface area contributed by atoms with Gasteiger partial charge < -0.3 is 9.30 Å². The van der Waals surface area contributed by atoms with Gasteiger partial charge in [0.05, 0.1) is 12.4 Å². The lowest BCUT2D eigenvalue weighted by molar-refractivity contribution is 0.102. The molecule has 0 saturated heterocycles. The largest absolute Gasteiger partial charge is 0.494 e. The molecule has 0 unspecified atom stereocenters. The van der Waals surface area contributed by atoms with Crippen LogP contribution in [0.3, 0.4) is 0 Å². The number of aromatic nitrogens is 3. The molecule has 0 fully saturated rings. The zero-order chi connectivity index (χ0) is 17.8. The lowest BCUT2D eigenvalue weighted by atomic mass is 10.2. The lowest BCUT2D eigenvalue weighted by Gasteiger charge is -2.11. The minimum atomic E-state index is 0.102. The van der Waals surface area contributed by atoms with Crippen LogP contribution in [0.25, 0.3) is 5.69 Å². The van der Waals surface area contributed by atoms with Crippen molar-refractivity contribution in [2.45, 2.75) is 25.1 Å². The first-order valence-corrected chi connectivity index (χ1v) is 9.81. The fraction of sp³-hybridized carbons (Fsp3) is 0.278. The van der Waals surface area contributed by atoms with E-state index in [0.717, 1.165) is 32.7 Å². The van der Waals surface area contributed by atoms with Crippen molar-refractivity contribution in [1.29, 1.82) is 0 Å². The van der Waals surface area contributed by atoms with Gasteiger partial charge in [0, 0.05) is 22.6 Å². The van der Waals surface area contributed by atoms with Gasteiger partial charge in [0.25, 0.3) is 0 Å². The van der Waals surface area contributed by atoms with Gasteiger partial charge in [-0.05, 0) is 51.1 Å². The third-order valence-corrected chi connectivity index (χ3v) is 5.66. The van der Waals surface area contributed by atoms with E-state index in [1.165, 1.54) is 23.1 Å². The molecule has 3 aromatic rings. The molecule has 0 bridgehead atoms. The van der Waals surface area contributed by atoms with Crippen LogP contribution in [0.4, 0.5) is 0 Å². The molecule has 0 radical (unpaired) electrons. The second kappa shape index (κ2) is 7.84. The summed E-state index contributed by atoms with van der Waals surface area (Å²) in [6.45, 7) is 6.60. The molecule has 0 saturated carbocycles. The molecule has 2 aromatic heterocycles. The Morgan fingerprint density at radius 2 is 2.04 bits per heavy atom. The predicted octanol–water partition coefficient (Wildman–Crippen LogP) is 4.32. The first kappa shape index (κ1) is 17.7. The molecule has 1 aromatic carbocycles. The van der Waals surface area contributed by atoms with Crippen molar-refractivity contribution in [3.05, 3.63) is 52.8 Å². The average Bonchev–Trinajstić information content (AvgIpc) is 3.22. The van der Waals surface area contributed by atoms with Crippen molar-refractivity contribution in [2.24, 2.45) is 0 Å². The van der Waals surface area contributed by atoms with E-state index in [-0.39, 0.29) is 5.78 Å². The minimum absolute atomic E-state index is 0.102. The molecule has 3 rings (SSSR count). The van der Waals surface area contributed by atoms with Crippen LogP contribution in [0.5, 0.6) is 5.75 Å². The smallest absolute Gasteiger partial charge is 0.174 e. The molecule has 0 aliphatic heterocycles. The molecule has 130 valence electrons. The van der Waals surface area contributed by atoms with Crippen LogP contribution in [-0.4, -0.2) is 32.9 Å². The van der Waals surface area contributed by atoms with Gasteiger partial charge in [-0.2, -0.15) is 0 Å². The van der Waals surface area contributed by atoms with E-state index >= 15 is 0 Å². The summed E-state index contributed by atoms with van der Waals surface area (Å²) in [4.78, 5) is 12.6. The summed E-state index contributed by atoms with van der Waals surface area (Å²) in [5.74, 6) is 1.31. The standard InChI is InChI=1S/C18H19N3O2S2/c1-4-23-15-7-5-14(6-8-15)21-12(2)9-16(13(21)3)17(22)10-24-18-20-19-11-25-18/h5-9,11H,4,10H2,1-3H3. The number of ketones is 1. The summed E-state index contributed by atoms with van der Waals surface area (Å²) < 4.78 is 8.40. The van der Waals surface area contributed by atoms with Gasteiger partial charge in [-0.25, -0.2) is 0 Å². The number of carbonyl (C=O) groups excluding carboxylic acids is 1. The summed E-state index contributed by atoms with van der Waals surface area (Å²) >= 11 is 2.87. The highest BCUT2D eigenvalue weighted by Crippen LogP contribution is 2.25. The Morgan fingerprint density at radius 1 is 1.28 bits per heavy atom. The number of benzene rings is 1. The second-order valence-corrected chi connectivity index (χ2v) is 7.52. The molecule has 0 aliphatic carbocycles. The van der Waals surface area contributed by atoms with Crippen molar-refractivity contribution in [1.82, 2.24) is 14.8 Å². The number of ether oxygens (including phenoxy) is 1. The van der Waals surface area contributed by atoms with E-state index < -0.39 is 0 Å².